The summed E-state index contributed by atoms with van der Waals surface area (Å²) in [5, 5.41) is 0. The van der Waals surface area contributed by atoms with Crippen molar-refractivity contribution in [1.29, 1.82) is 0 Å². The summed E-state index contributed by atoms with van der Waals surface area (Å²) in [5.74, 6) is 0. The second-order valence-electron chi connectivity index (χ2n) is 0.597. The number of allylic oxidation sites excluding steroid dienone is 1. The number of hydrogen-bond acceptors (Lipinski definition) is 0. The molecule has 0 fully saturated rings. The van der Waals surface area contributed by atoms with E-state index in [0.717, 1.165) is 0 Å². The highest BCUT2D eigenvalue weighted by Gasteiger charge is 1.54. The normalized spacial score (nSPS) is 10.0. The second kappa shape index (κ2) is 4.03. The molecule has 0 aliphatic carbocycles. The minimum absolute atomic E-state index is 0.531. The van der Waals surface area contributed by atoms with Crippen LogP contribution in [0.5, 0.6) is 0 Å². The first kappa shape index (κ1) is 5.03. The number of rotatable bonds is 1. The average molecular weight is 88.5 g/mol. The summed E-state index contributed by atoms with van der Waals surface area (Å²) in [7, 11) is 0. The van der Waals surface area contributed by atoms with Crippen LogP contribution in [0.1, 0.15) is 6.42 Å². The molecule has 2 radical (unpaired) electrons. The van der Waals surface area contributed by atoms with Crippen LogP contribution in [0.3, 0.4) is 0 Å². The molecular formula is C4H5Cl. The van der Waals surface area contributed by atoms with Crippen molar-refractivity contribution in [1.82, 2.24) is 0 Å². The van der Waals surface area contributed by atoms with Crippen LogP contribution in [0.4, 0.5) is 0 Å². The Hall–Kier alpha value is 0.0300. The zero-order valence-corrected chi connectivity index (χ0v) is 3.57. The van der Waals surface area contributed by atoms with Crippen LogP contribution in [0.15, 0.2) is 11.6 Å². The maximum absolute atomic E-state index is 5.04. The molecule has 0 aromatic rings. The molecule has 0 spiro atoms. The van der Waals surface area contributed by atoms with Crippen molar-refractivity contribution in [2.24, 2.45) is 0 Å². The first-order valence-electron chi connectivity index (χ1n) is 1.37. The van der Waals surface area contributed by atoms with Gasteiger partial charge in [-0.3, -0.25) is 0 Å². The molecule has 28 valence electrons. The standard InChI is InChI=1S/C4H5Cl/c1-2-3-4-5/h1,3-4H,2H2/b4-3+. The van der Waals surface area contributed by atoms with Crippen molar-refractivity contribution in [3.05, 3.63) is 18.5 Å². The Balaban J connectivity index is 2.62. The Kier molecular flexibility index (Phi) is 4.05. The van der Waals surface area contributed by atoms with Gasteiger partial charge in [-0.1, -0.05) is 17.7 Å². The molecule has 0 amide bonds. The van der Waals surface area contributed by atoms with Gasteiger partial charge in [0.05, 0.1) is 0 Å². The lowest BCUT2D eigenvalue weighted by molar-refractivity contribution is 1.41. The van der Waals surface area contributed by atoms with Crippen LogP contribution in [-0.2, 0) is 0 Å². The monoisotopic (exact) mass is 88.0 g/mol. The number of halogens is 1. The van der Waals surface area contributed by atoms with Gasteiger partial charge in [-0.15, -0.1) is 0 Å². The molecule has 0 nitrogen and oxygen atoms in total. The fourth-order valence-corrected chi connectivity index (χ4v) is 0.154. The van der Waals surface area contributed by atoms with Crippen molar-refractivity contribution in [3.8, 4) is 0 Å². The summed E-state index contributed by atoms with van der Waals surface area (Å²) in [4.78, 5) is 0. The highest BCUT2D eigenvalue weighted by molar-refractivity contribution is 6.25. The lowest BCUT2D eigenvalue weighted by Gasteiger charge is -1.62. The maximum Gasteiger partial charge on any atom is 0.000256 e. The molecule has 0 N–H and O–H groups in total. The van der Waals surface area contributed by atoms with Crippen molar-refractivity contribution >= 4 is 11.6 Å². The van der Waals surface area contributed by atoms with Gasteiger partial charge in [0.25, 0.3) is 0 Å². The largest absolute Gasteiger partial charge is 0.0933 e. The van der Waals surface area contributed by atoms with Gasteiger partial charge < -0.3 is 0 Å². The van der Waals surface area contributed by atoms with Crippen molar-refractivity contribution in [2.75, 3.05) is 0 Å². The van der Waals surface area contributed by atoms with E-state index >= 15 is 0 Å². The van der Waals surface area contributed by atoms with E-state index in [9.17, 15) is 0 Å². The quantitative estimate of drug-likeness (QED) is 0.459. The molecule has 0 unspecified atom stereocenters. The first-order chi connectivity index (χ1) is 2.41. The first-order valence-corrected chi connectivity index (χ1v) is 1.80. The number of hydrogen-bond donors (Lipinski definition) is 0. The summed E-state index contributed by atoms with van der Waals surface area (Å²) in [6, 6.07) is 0. The molecule has 0 bridgehead atoms. The fraction of sp³-hybridized carbons (Fsp3) is 0.250. The smallest absolute Gasteiger partial charge is 0.000256 e. The van der Waals surface area contributed by atoms with Crippen LogP contribution in [0, 0.1) is 6.92 Å². The Morgan fingerprint density at radius 2 is 2.40 bits per heavy atom. The zero-order chi connectivity index (χ0) is 4.12. The van der Waals surface area contributed by atoms with Crippen molar-refractivity contribution in [2.45, 2.75) is 6.42 Å². The Bertz CT molecular complexity index is 30.6. The van der Waals surface area contributed by atoms with Crippen LogP contribution in [-0.4, -0.2) is 0 Å². The third kappa shape index (κ3) is 4.03. The van der Waals surface area contributed by atoms with Gasteiger partial charge in [0.15, 0.2) is 0 Å². The van der Waals surface area contributed by atoms with Gasteiger partial charge in [0, 0.05) is 5.54 Å². The van der Waals surface area contributed by atoms with Gasteiger partial charge in [-0.2, -0.15) is 0 Å². The molecule has 0 rings (SSSR count). The van der Waals surface area contributed by atoms with Crippen molar-refractivity contribution in [3.63, 3.8) is 0 Å². The molecule has 0 saturated heterocycles. The molecule has 0 aromatic carbocycles. The predicted molar refractivity (Wildman–Crippen MR) is 23.9 cm³/mol. The van der Waals surface area contributed by atoms with E-state index in [1.54, 1.807) is 6.08 Å². The molecule has 0 saturated carbocycles. The summed E-state index contributed by atoms with van der Waals surface area (Å²) < 4.78 is 0. The maximum atomic E-state index is 5.04. The molecule has 0 heterocycles. The van der Waals surface area contributed by atoms with E-state index in [0.29, 0.717) is 6.42 Å². The molecule has 0 aliphatic rings. The van der Waals surface area contributed by atoms with E-state index in [-0.39, 0.29) is 0 Å². The fourth-order valence-electron chi connectivity index (χ4n) is 0.0514. The summed E-state index contributed by atoms with van der Waals surface area (Å²) >= 11 is 5.04. The van der Waals surface area contributed by atoms with E-state index in [4.69, 9.17) is 18.5 Å². The van der Waals surface area contributed by atoms with E-state index < -0.39 is 0 Å². The average Bonchev–Trinajstić information content (AvgIpc) is 1.41. The Morgan fingerprint density at radius 3 is 2.40 bits per heavy atom. The van der Waals surface area contributed by atoms with Gasteiger partial charge >= 0.3 is 0 Å². The van der Waals surface area contributed by atoms with Gasteiger partial charge in [0.1, 0.15) is 0 Å². The highest BCUT2D eigenvalue weighted by atomic mass is 35.5. The molecular weight excluding hydrogens is 83.5 g/mol. The second-order valence-corrected chi connectivity index (χ2v) is 0.849. The third-order valence-electron chi connectivity index (χ3n) is 0.225. The topological polar surface area (TPSA) is 0 Å². The van der Waals surface area contributed by atoms with Crippen LogP contribution in [0.25, 0.3) is 0 Å². The minimum atomic E-state index is 0.531. The molecule has 0 aromatic heterocycles. The Labute approximate surface area is 37.4 Å². The SMILES string of the molecule is [CH]C/C=C/Cl. The zero-order valence-electron chi connectivity index (χ0n) is 2.82. The molecule has 0 aliphatic heterocycles. The predicted octanol–water partition coefficient (Wildman–Crippen LogP) is 1.84. The van der Waals surface area contributed by atoms with Gasteiger partial charge in [0.2, 0.25) is 0 Å². The van der Waals surface area contributed by atoms with E-state index in [1.807, 2.05) is 0 Å². The molecule has 0 atom stereocenters. The van der Waals surface area contributed by atoms with Crippen LogP contribution < -0.4 is 0 Å². The minimum Gasteiger partial charge on any atom is -0.0933 e. The summed E-state index contributed by atoms with van der Waals surface area (Å²) in [5.41, 5.74) is 1.40. The van der Waals surface area contributed by atoms with Crippen molar-refractivity contribution < 1.29 is 0 Å². The highest BCUT2D eigenvalue weighted by Crippen LogP contribution is 1.79. The Morgan fingerprint density at radius 1 is 1.80 bits per heavy atom. The molecule has 5 heavy (non-hydrogen) atoms. The van der Waals surface area contributed by atoms with Crippen LogP contribution in [0.2, 0.25) is 0 Å². The summed E-state index contributed by atoms with van der Waals surface area (Å²) in [6.07, 6.45) is 2.20. The van der Waals surface area contributed by atoms with E-state index in [1.165, 1.54) is 5.54 Å². The van der Waals surface area contributed by atoms with Crippen LogP contribution >= 0.6 is 11.6 Å². The summed E-state index contributed by atoms with van der Waals surface area (Å²) in [6.45, 7) is 4.97. The van der Waals surface area contributed by atoms with E-state index in [2.05, 4.69) is 0 Å². The van der Waals surface area contributed by atoms with Gasteiger partial charge in [-0.05, 0) is 13.3 Å². The lowest BCUT2D eigenvalue weighted by Crippen LogP contribution is -1.42. The third-order valence-corrected chi connectivity index (χ3v) is 0.403. The lowest BCUT2D eigenvalue weighted by atomic mass is 10.5. The van der Waals surface area contributed by atoms with Gasteiger partial charge in [-0.25, -0.2) is 0 Å². The molecule has 1 heteroatoms.